The number of hydrogen-bond acceptors (Lipinski definition) is 3. The third-order valence-electron chi connectivity index (χ3n) is 4.51. The van der Waals surface area contributed by atoms with E-state index in [9.17, 15) is 9.90 Å². The maximum absolute atomic E-state index is 12.1. The Kier molecular flexibility index (Phi) is 8.68. The highest BCUT2D eigenvalue weighted by atomic mass is 16.3. The van der Waals surface area contributed by atoms with Gasteiger partial charge in [-0.2, -0.15) is 0 Å². The van der Waals surface area contributed by atoms with Crippen molar-refractivity contribution in [1.29, 1.82) is 0 Å². The first-order chi connectivity index (χ1) is 13.9. The van der Waals surface area contributed by atoms with E-state index in [0.717, 1.165) is 29.7 Å². The number of carbonyl (C=O) groups is 1. The van der Waals surface area contributed by atoms with E-state index in [2.05, 4.69) is 15.6 Å². The molecule has 1 atom stereocenters. The second kappa shape index (κ2) is 11.2. The van der Waals surface area contributed by atoms with Crippen LogP contribution in [0.25, 0.3) is 0 Å². The summed E-state index contributed by atoms with van der Waals surface area (Å²) in [5.74, 6) is 0.666. The maximum atomic E-state index is 12.1. The van der Waals surface area contributed by atoms with E-state index in [0.29, 0.717) is 18.1 Å². The third-order valence-corrected chi connectivity index (χ3v) is 4.51. The number of amides is 1. The van der Waals surface area contributed by atoms with Crippen LogP contribution in [0.4, 0.5) is 0 Å². The number of carbonyl (C=O) groups excluding carboxylic acids is 1. The molecular formula is C23H32N4O2. The summed E-state index contributed by atoms with van der Waals surface area (Å²) >= 11 is 0. The number of guanidine groups is 1. The molecule has 0 bridgehead atoms. The van der Waals surface area contributed by atoms with Gasteiger partial charge in [-0.15, -0.1) is 0 Å². The average molecular weight is 397 g/mol. The summed E-state index contributed by atoms with van der Waals surface area (Å²) in [6.45, 7) is 5.72. The van der Waals surface area contributed by atoms with Crippen LogP contribution in [0.3, 0.4) is 0 Å². The molecule has 6 nitrogen and oxygen atoms in total. The molecule has 0 aliphatic heterocycles. The summed E-state index contributed by atoms with van der Waals surface area (Å²) in [4.78, 5) is 18.2. The lowest BCUT2D eigenvalue weighted by Gasteiger charge is -2.14. The second-order valence-electron chi connectivity index (χ2n) is 7.22. The van der Waals surface area contributed by atoms with Crippen LogP contribution in [0.5, 0.6) is 0 Å². The Hall–Kier alpha value is -2.86. The summed E-state index contributed by atoms with van der Waals surface area (Å²) in [5.41, 5.74) is 3.79. The number of nitrogens with zero attached hydrogens (tertiary/aromatic N) is 2. The topological polar surface area (TPSA) is 77.0 Å². The molecule has 2 aromatic carbocycles. The van der Waals surface area contributed by atoms with E-state index in [-0.39, 0.29) is 12.5 Å². The Morgan fingerprint density at radius 3 is 2.52 bits per heavy atom. The zero-order valence-electron chi connectivity index (χ0n) is 17.8. The van der Waals surface area contributed by atoms with E-state index >= 15 is 0 Å². The van der Waals surface area contributed by atoms with Gasteiger partial charge in [-0.3, -0.25) is 9.79 Å². The van der Waals surface area contributed by atoms with Gasteiger partial charge >= 0.3 is 0 Å². The Balaban J connectivity index is 1.92. The molecule has 29 heavy (non-hydrogen) atoms. The first-order valence-corrected chi connectivity index (χ1v) is 9.98. The van der Waals surface area contributed by atoms with Crippen molar-refractivity contribution in [1.82, 2.24) is 15.5 Å². The summed E-state index contributed by atoms with van der Waals surface area (Å²) in [5, 5.41) is 16.8. The average Bonchev–Trinajstić information content (AvgIpc) is 2.72. The second-order valence-corrected chi connectivity index (χ2v) is 7.22. The molecule has 156 valence electrons. The standard InChI is InChI=1S/C23H32N4O2/c1-5-24-23(26-16-21(28)19-11-9-17(2)10-12-19)25-14-13-18-7-6-8-20(15-18)22(29)27(3)4/h6-12,15,21,28H,5,13-14,16H2,1-4H3,(H2,24,25,26). The Labute approximate surface area is 173 Å². The number of rotatable bonds is 8. The molecule has 2 rings (SSSR count). The molecular weight excluding hydrogens is 364 g/mol. The quantitative estimate of drug-likeness (QED) is 0.473. The van der Waals surface area contributed by atoms with Crippen molar-refractivity contribution in [3.8, 4) is 0 Å². The van der Waals surface area contributed by atoms with Crippen molar-refractivity contribution in [2.45, 2.75) is 26.4 Å². The Morgan fingerprint density at radius 1 is 1.14 bits per heavy atom. The van der Waals surface area contributed by atoms with Crippen LogP contribution in [-0.4, -0.2) is 55.6 Å². The molecule has 0 saturated heterocycles. The molecule has 1 amide bonds. The molecule has 0 aromatic heterocycles. The van der Waals surface area contributed by atoms with Gasteiger partial charge in [-0.25, -0.2) is 0 Å². The van der Waals surface area contributed by atoms with Crippen LogP contribution in [0.2, 0.25) is 0 Å². The van der Waals surface area contributed by atoms with Crippen LogP contribution in [0.1, 0.15) is 40.1 Å². The first-order valence-electron chi connectivity index (χ1n) is 9.98. The highest BCUT2D eigenvalue weighted by molar-refractivity contribution is 5.94. The van der Waals surface area contributed by atoms with E-state index in [1.165, 1.54) is 0 Å². The van der Waals surface area contributed by atoms with Gasteiger partial charge in [0, 0.05) is 32.7 Å². The summed E-state index contributed by atoms with van der Waals surface area (Å²) in [7, 11) is 3.50. The number of hydrogen-bond donors (Lipinski definition) is 3. The maximum Gasteiger partial charge on any atom is 0.253 e. The molecule has 0 radical (unpaired) electrons. The molecule has 2 aromatic rings. The summed E-state index contributed by atoms with van der Waals surface area (Å²) in [6, 6.07) is 15.5. The minimum absolute atomic E-state index is 0.000182. The van der Waals surface area contributed by atoms with Crippen molar-refractivity contribution in [3.05, 3.63) is 70.8 Å². The number of aliphatic imine (C=N–C) groups is 1. The molecule has 0 aliphatic rings. The molecule has 0 aliphatic carbocycles. The van der Waals surface area contributed by atoms with Gasteiger partial charge in [0.2, 0.25) is 0 Å². The normalized spacial score (nSPS) is 12.4. The number of nitrogens with one attached hydrogen (secondary N) is 2. The highest BCUT2D eigenvalue weighted by Gasteiger charge is 2.09. The number of aliphatic hydroxyl groups is 1. The molecule has 0 heterocycles. The van der Waals surface area contributed by atoms with Crippen LogP contribution in [0, 0.1) is 6.92 Å². The third kappa shape index (κ3) is 7.23. The van der Waals surface area contributed by atoms with E-state index in [4.69, 9.17) is 0 Å². The highest BCUT2D eigenvalue weighted by Crippen LogP contribution is 2.13. The van der Waals surface area contributed by atoms with E-state index < -0.39 is 6.10 Å². The fourth-order valence-electron chi connectivity index (χ4n) is 2.86. The number of aliphatic hydroxyl groups excluding tert-OH is 1. The minimum Gasteiger partial charge on any atom is -0.386 e. The van der Waals surface area contributed by atoms with Crippen LogP contribution in [-0.2, 0) is 6.42 Å². The molecule has 0 saturated carbocycles. The van der Waals surface area contributed by atoms with Crippen molar-refractivity contribution >= 4 is 11.9 Å². The smallest absolute Gasteiger partial charge is 0.253 e. The monoisotopic (exact) mass is 396 g/mol. The zero-order chi connectivity index (χ0) is 21.2. The molecule has 0 spiro atoms. The van der Waals surface area contributed by atoms with Crippen molar-refractivity contribution in [2.75, 3.05) is 33.7 Å². The predicted molar refractivity (Wildman–Crippen MR) is 118 cm³/mol. The van der Waals surface area contributed by atoms with Gasteiger partial charge < -0.3 is 20.6 Å². The molecule has 3 N–H and O–H groups in total. The van der Waals surface area contributed by atoms with Crippen molar-refractivity contribution in [2.24, 2.45) is 4.99 Å². The molecule has 1 unspecified atom stereocenters. The lowest BCUT2D eigenvalue weighted by atomic mass is 10.1. The fourth-order valence-corrected chi connectivity index (χ4v) is 2.86. The fraction of sp³-hybridized carbons (Fsp3) is 0.391. The largest absolute Gasteiger partial charge is 0.386 e. The minimum atomic E-state index is -0.639. The van der Waals surface area contributed by atoms with E-state index in [1.807, 2.05) is 62.4 Å². The summed E-state index contributed by atoms with van der Waals surface area (Å²) < 4.78 is 0. The van der Waals surface area contributed by atoms with Crippen LogP contribution >= 0.6 is 0 Å². The first kappa shape index (κ1) is 22.4. The Morgan fingerprint density at radius 2 is 1.86 bits per heavy atom. The number of benzene rings is 2. The molecule has 6 heteroatoms. The van der Waals surface area contributed by atoms with Gasteiger partial charge in [0.25, 0.3) is 5.91 Å². The van der Waals surface area contributed by atoms with Crippen LogP contribution in [0.15, 0.2) is 53.5 Å². The van der Waals surface area contributed by atoms with Gasteiger partial charge in [-0.1, -0.05) is 42.0 Å². The lowest BCUT2D eigenvalue weighted by molar-refractivity contribution is 0.0827. The SMILES string of the molecule is CCNC(=NCC(O)c1ccc(C)cc1)NCCc1cccc(C(=O)N(C)C)c1. The summed E-state index contributed by atoms with van der Waals surface area (Å²) in [6.07, 6.45) is 0.124. The van der Waals surface area contributed by atoms with Crippen LogP contribution < -0.4 is 10.6 Å². The van der Waals surface area contributed by atoms with Crippen molar-refractivity contribution < 1.29 is 9.90 Å². The van der Waals surface area contributed by atoms with E-state index in [1.54, 1.807) is 19.0 Å². The lowest BCUT2D eigenvalue weighted by Crippen LogP contribution is -2.38. The zero-order valence-corrected chi connectivity index (χ0v) is 17.8. The number of aryl methyl sites for hydroxylation is 1. The molecule has 0 fully saturated rings. The predicted octanol–water partition coefficient (Wildman–Crippen LogP) is 2.53. The van der Waals surface area contributed by atoms with Gasteiger partial charge in [-0.05, 0) is 43.5 Å². The van der Waals surface area contributed by atoms with Crippen molar-refractivity contribution in [3.63, 3.8) is 0 Å². The van der Waals surface area contributed by atoms with Gasteiger partial charge in [0.15, 0.2) is 5.96 Å². The van der Waals surface area contributed by atoms with Gasteiger partial charge in [0.05, 0.1) is 12.6 Å². The Bertz CT molecular complexity index is 816. The van der Waals surface area contributed by atoms with Gasteiger partial charge in [0.1, 0.15) is 0 Å².